The molecule has 1 aromatic heterocycles. The van der Waals surface area contributed by atoms with Gasteiger partial charge < -0.3 is 5.73 Å². The van der Waals surface area contributed by atoms with E-state index >= 15 is 0 Å². The summed E-state index contributed by atoms with van der Waals surface area (Å²) in [6.07, 6.45) is 4.77. The number of pyridine rings is 1. The molecule has 0 radical (unpaired) electrons. The van der Waals surface area contributed by atoms with Gasteiger partial charge in [0.1, 0.15) is 0 Å². The van der Waals surface area contributed by atoms with E-state index in [2.05, 4.69) is 27.8 Å². The van der Waals surface area contributed by atoms with Crippen LogP contribution in [0.3, 0.4) is 0 Å². The van der Waals surface area contributed by atoms with Gasteiger partial charge in [-0.1, -0.05) is 6.92 Å². The zero-order valence-electron chi connectivity index (χ0n) is 6.92. The van der Waals surface area contributed by atoms with Crippen LogP contribution >= 0.6 is 15.9 Å². The molecule has 0 amide bonds. The first-order valence-electron chi connectivity index (χ1n) is 4.09. The Balaban J connectivity index is 2.59. The molecule has 1 unspecified atom stereocenters. The van der Waals surface area contributed by atoms with Crippen molar-refractivity contribution in [2.75, 3.05) is 0 Å². The minimum absolute atomic E-state index is 0.181. The van der Waals surface area contributed by atoms with Gasteiger partial charge in [0.2, 0.25) is 0 Å². The lowest BCUT2D eigenvalue weighted by Crippen LogP contribution is -2.05. The third-order valence-corrected chi connectivity index (χ3v) is 3.10. The number of fused-ring (bicyclic) bond motifs is 1. The van der Waals surface area contributed by atoms with Crippen molar-refractivity contribution >= 4 is 15.9 Å². The first-order chi connectivity index (χ1) is 5.70. The van der Waals surface area contributed by atoms with E-state index in [0.717, 1.165) is 10.9 Å². The molecule has 1 aliphatic carbocycles. The fourth-order valence-corrected chi connectivity index (χ4v) is 2.64. The van der Waals surface area contributed by atoms with Gasteiger partial charge in [-0.3, -0.25) is 4.98 Å². The fraction of sp³-hybridized carbons (Fsp3) is 0.444. The maximum absolute atomic E-state index is 5.94. The number of nitrogens with two attached hydrogens (primary N) is 1. The molecule has 2 N–H and O–H groups in total. The van der Waals surface area contributed by atoms with E-state index in [1.807, 2.05) is 12.4 Å². The van der Waals surface area contributed by atoms with Crippen molar-refractivity contribution in [2.45, 2.75) is 25.3 Å². The molecule has 0 spiro atoms. The molecule has 0 fully saturated rings. The lowest BCUT2D eigenvalue weighted by molar-refractivity contribution is 0.639. The standard InChI is InChI=1S/C9H11BrN2/c1-5-2-8(11)6-3-12-4-7(10)9(5)6/h3-5,8H,2,11H2,1H3/t5?,8-/m1/s1. The topological polar surface area (TPSA) is 38.9 Å². The molecule has 64 valence electrons. The summed E-state index contributed by atoms with van der Waals surface area (Å²) in [5.74, 6) is 0.562. The van der Waals surface area contributed by atoms with Crippen molar-refractivity contribution in [3.05, 3.63) is 28.0 Å². The quantitative estimate of drug-likeness (QED) is 0.738. The highest BCUT2D eigenvalue weighted by atomic mass is 79.9. The molecule has 0 bridgehead atoms. The van der Waals surface area contributed by atoms with Crippen LogP contribution in [0.1, 0.15) is 36.4 Å². The highest BCUT2D eigenvalue weighted by molar-refractivity contribution is 9.10. The van der Waals surface area contributed by atoms with Gasteiger partial charge >= 0.3 is 0 Å². The number of rotatable bonds is 0. The molecule has 2 nitrogen and oxygen atoms in total. The van der Waals surface area contributed by atoms with Crippen LogP contribution < -0.4 is 5.73 Å². The normalized spacial score (nSPS) is 27.2. The molecule has 3 heteroatoms. The Morgan fingerprint density at radius 1 is 1.58 bits per heavy atom. The number of hydrogen-bond acceptors (Lipinski definition) is 2. The van der Waals surface area contributed by atoms with E-state index in [1.165, 1.54) is 11.1 Å². The third-order valence-electron chi connectivity index (χ3n) is 2.47. The second kappa shape index (κ2) is 2.82. The molecule has 1 heterocycles. The monoisotopic (exact) mass is 226 g/mol. The van der Waals surface area contributed by atoms with Crippen LogP contribution in [0, 0.1) is 0 Å². The number of halogens is 1. The van der Waals surface area contributed by atoms with Crippen molar-refractivity contribution in [2.24, 2.45) is 5.73 Å². The Morgan fingerprint density at radius 2 is 2.33 bits per heavy atom. The summed E-state index contributed by atoms with van der Waals surface area (Å²) in [5.41, 5.74) is 8.50. The summed E-state index contributed by atoms with van der Waals surface area (Å²) in [6.45, 7) is 2.20. The van der Waals surface area contributed by atoms with Crippen molar-refractivity contribution < 1.29 is 0 Å². The predicted octanol–water partition coefficient (Wildman–Crippen LogP) is 2.35. The summed E-state index contributed by atoms with van der Waals surface area (Å²) in [7, 11) is 0. The largest absolute Gasteiger partial charge is 0.324 e. The fourth-order valence-electron chi connectivity index (χ4n) is 1.90. The smallest absolute Gasteiger partial charge is 0.0413 e. The average Bonchev–Trinajstić information content (AvgIpc) is 2.29. The first kappa shape index (κ1) is 8.20. The van der Waals surface area contributed by atoms with Gasteiger partial charge in [0.15, 0.2) is 0 Å². The van der Waals surface area contributed by atoms with Crippen LogP contribution in [0.4, 0.5) is 0 Å². The van der Waals surface area contributed by atoms with E-state index in [9.17, 15) is 0 Å². The van der Waals surface area contributed by atoms with E-state index in [1.54, 1.807) is 0 Å². The average molecular weight is 227 g/mol. The minimum Gasteiger partial charge on any atom is -0.324 e. The summed E-state index contributed by atoms with van der Waals surface area (Å²) in [4.78, 5) is 4.11. The van der Waals surface area contributed by atoms with Gasteiger partial charge in [-0.05, 0) is 39.4 Å². The van der Waals surface area contributed by atoms with Gasteiger partial charge in [-0.15, -0.1) is 0 Å². The summed E-state index contributed by atoms with van der Waals surface area (Å²) in [5, 5.41) is 0. The highest BCUT2D eigenvalue weighted by Crippen LogP contribution is 2.41. The molecule has 2 rings (SSSR count). The number of nitrogens with zero attached hydrogens (tertiary/aromatic N) is 1. The third kappa shape index (κ3) is 1.08. The van der Waals surface area contributed by atoms with Crippen LogP contribution in [0.15, 0.2) is 16.9 Å². The molecule has 2 atom stereocenters. The van der Waals surface area contributed by atoms with Crippen molar-refractivity contribution in [1.29, 1.82) is 0 Å². The first-order valence-corrected chi connectivity index (χ1v) is 4.88. The Bertz CT molecular complexity index is 311. The van der Waals surface area contributed by atoms with Crippen LogP contribution in [0.5, 0.6) is 0 Å². The van der Waals surface area contributed by atoms with E-state index < -0.39 is 0 Å². The van der Waals surface area contributed by atoms with E-state index in [-0.39, 0.29) is 6.04 Å². The van der Waals surface area contributed by atoms with Crippen molar-refractivity contribution in [3.63, 3.8) is 0 Å². The van der Waals surface area contributed by atoms with Crippen molar-refractivity contribution in [1.82, 2.24) is 4.98 Å². The van der Waals surface area contributed by atoms with Crippen LogP contribution in [0.25, 0.3) is 0 Å². The van der Waals surface area contributed by atoms with E-state index in [0.29, 0.717) is 5.92 Å². The van der Waals surface area contributed by atoms with Crippen LogP contribution in [-0.2, 0) is 0 Å². The Labute approximate surface area is 80.3 Å². The summed E-state index contributed by atoms with van der Waals surface area (Å²) in [6, 6.07) is 0.181. The Morgan fingerprint density at radius 3 is 3.00 bits per heavy atom. The highest BCUT2D eigenvalue weighted by Gasteiger charge is 2.27. The molecule has 0 aromatic carbocycles. The molecular formula is C9H11BrN2. The van der Waals surface area contributed by atoms with Crippen molar-refractivity contribution in [3.8, 4) is 0 Å². The molecule has 1 aliphatic rings. The zero-order chi connectivity index (χ0) is 8.72. The maximum Gasteiger partial charge on any atom is 0.0413 e. The number of hydrogen-bond donors (Lipinski definition) is 1. The molecule has 1 aromatic rings. The minimum atomic E-state index is 0.181. The second-order valence-electron chi connectivity index (χ2n) is 3.37. The molecule has 0 saturated heterocycles. The molecule has 0 saturated carbocycles. The maximum atomic E-state index is 5.94. The van der Waals surface area contributed by atoms with Crippen LogP contribution in [0.2, 0.25) is 0 Å². The van der Waals surface area contributed by atoms with Gasteiger partial charge in [-0.2, -0.15) is 0 Å². The van der Waals surface area contributed by atoms with Crippen LogP contribution in [-0.4, -0.2) is 4.98 Å². The summed E-state index contributed by atoms with van der Waals surface area (Å²) >= 11 is 3.50. The number of aromatic nitrogens is 1. The van der Waals surface area contributed by atoms with E-state index in [4.69, 9.17) is 5.73 Å². The summed E-state index contributed by atoms with van der Waals surface area (Å²) < 4.78 is 1.10. The lowest BCUT2D eigenvalue weighted by atomic mass is 10.1. The molecular weight excluding hydrogens is 216 g/mol. The van der Waals surface area contributed by atoms with Gasteiger partial charge in [0.25, 0.3) is 0 Å². The second-order valence-corrected chi connectivity index (χ2v) is 4.22. The SMILES string of the molecule is CC1C[C@@H](N)c2cncc(Br)c21. The Hall–Kier alpha value is -0.410. The van der Waals surface area contributed by atoms with Gasteiger partial charge in [0.05, 0.1) is 0 Å². The van der Waals surface area contributed by atoms with Gasteiger partial charge in [0, 0.05) is 22.9 Å². The molecule has 0 aliphatic heterocycles. The van der Waals surface area contributed by atoms with Gasteiger partial charge in [-0.25, -0.2) is 0 Å². The molecule has 12 heavy (non-hydrogen) atoms. The Kier molecular flexibility index (Phi) is 1.93. The zero-order valence-corrected chi connectivity index (χ0v) is 8.51. The predicted molar refractivity (Wildman–Crippen MR) is 51.9 cm³/mol. The lowest BCUT2D eigenvalue weighted by Gasteiger charge is -2.05.